The van der Waals surface area contributed by atoms with E-state index in [1.807, 2.05) is 65.8 Å². The number of carboxylic acids is 2. The number of hydrogen-bond donors (Lipinski definition) is 3. The number of aromatic carboxylic acids is 2. The zero-order valence-corrected chi connectivity index (χ0v) is 50.8. The third kappa shape index (κ3) is 23.9. The van der Waals surface area contributed by atoms with Gasteiger partial charge in [0.2, 0.25) is 0 Å². The van der Waals surface area contributed by atoms with Gasteiger partial charge in [-0.1, -0.05) is 58.2 Å². The van der Waals surface area contributed by atoms with Crippen LogP contribution in [0.4, 0.5) is 4.39 Å². The quantitative estimate of drug-likeness (QED) is 0.106. The van der Waals surface area contributed by atoms with Gasteiger partial charge in [-0.25, -0.2) is 4.39 Å². The van der Waals surface area contributed by atoms with Crippen LogP contribution in [-0.4, -0.2) is 33.5 Å². The van der Waals surface area contributed by atoms with Crippen LogP contribution in [0.15, 0.2) is 91.0 Å². The summed E-state index contributed by atoms with van der Waals surface area (Å²) in [6.45, 7) is 11.5. The van der Waals surface area contributed by atoms with Crippen LogP contribution in [0, 0.1) is 83.8 Å². The average molecular weight is 1540 g/mol. The van der Waals surface area contributed by atoms with Crippen molar-refractivity contribution in [3.63, 3.8) is 0 Å². The Morgan fingerprint density at radius 2 is 0.950 bits per heavy atom. The largest absolute Gasteiger partial charge is 0.533 e. The van der Waals surface area contributed by atoms with Crippen LogP contribution in [0.25, 0.3) is 0 Å². The minimum absolute atomic E-state index is 0. The summed E-state index contributed by atoms with van der Waals surface area (Å²) in [5.41, 5.74) is 6.58. The number of carbonyl (C=O) groups excluding carboxylic acids is 1. The molecular weight excluding hydrogens is 1510 g/mol. The van der Waals surface area contributed by atoms with Gasteiger partial charge in [0.05, 0.1) is 6.29 Å². The van der Waals surface area contributed by atoms with Crippen molar-refractivity contribution in [3.8, 4) is 28.7 Å². The molecule has 3 radical (unpaired) electrons. The first kappa shape index (κ1) is 65.3. The molecule has 60 heavy (non-hydrogen) atoms. The first-order valence-corrected chi connectivity index (χ1v) is 16.3. The van der Waals surface area contributed by atoms with Crippen LogP contribution in [0.1, 0.15) is 64.5 Å². The molecular formula is C45H37FO8W3Y3-6. The maximum absolute atomic E-state index is 12.1. The Kier molecular flexibility index (Phi) is 37.1. The van der Waals surface area contributed by atoms with E-state index in [2.05, 4.69) is 36.4 Å². The number of phenols is 1. The molecule has 305 valence electrons. The molecule has 0 unspecified atom stereocenters. The fourth-order valence-corrected chi connectivity index (χ4v) is 4.11. The summed E-state index contributed by atoms with van der Waals surface area (Å²) in [6, 6.07) is 40.8. The maximum Gasteiger partial charge on any atom is 0.278 e. The third-order valence-corrected chi connectivity index (χ3v) is 7.22. The van der Waals surface area contributed by atoms with Crippen molar-refractivity contribution in [2.75, 3.05) is 0 Å². The molecule has 0 aliphatic carbocycles. The van der Waals surface area contributed by atoms with E-state index in [9.17, 15) is 18.8 Å². The van der Waals surface area contributed by atoms with Crippen LogP contribution < -0.4 is 9.47 Å². The second kappa shape index (κ2) is 34.1. The summed E-state index contributed by atoms with van der Waals surface area (Å²) in [4.78, 5) is 31.4. The van der Waals surface area contributed by atoms with E-state index in [-0.39, 0.29) is 172 Å². The monoisotopic (exact) mass is 1540 g/mol. The van der Waals surface area contributed by atoms with Crippen molar-refractivity contribution in [1.29, 1.82) is 0 Å². The summed E-state index contributed by atoms with van der Waals surface area (Å²) >= 11 is 0. The van der Waals surface area contributed by atoms with Gasteiger partial charge in [-0.05, 0) is 0 Å². The Balaban J connectivity index is -0.000000352. The number of halogens is 1. The van der Waals surface area contributed by atoms with Crippen LogP contribution >= 0.6 is 0 Å². The smallest absolute Gasteiger partial charge is 0.278 e. The van der Waals surface area contributed by atoms with E-state index in [1.54, 1.807) is 24.3 Å². The molecule has 0 atom stereocenters. The topological polar surface area (TPSA) is 130 Å². The summed E-state index contributed by atoms with van der Waals surface area (Å²) in [7, 11) is 0. The Hall–Kier alpha value is -1.36. The Morgan fingerprint density at radius 3 is 1.25 bits per heavy atom. The number of benzene rings is 6. The summed E-state index contributed by atoms with van der Waals surface area (Å²) in [5, 5.41) is 26.6. The molecule has 0 heterocycles. The second-order valence-corrected chi connectivity index (χ2v) is 11.8. The SMILES string of the molecule is Cc1[c-]cc(C)c(O)c1.Cc1[c-]cc(C)c(Oc2[c-]cc(C(=O)O)cc2)c1.Cc1[c-]cc(C)c(Oc2[c-]cc(C(=O)O)cc2)c1.O=Cc1c[c-]c(F)cc1.[W].[W].[W].[Y].[Y].[Y]. The van der Waals surface area contributed by atoms with Crippen LogP contribution in [-0.2, 0) is 161 Å². The molecule has 15 heteroatoms. The number of aldehydes is 1. The fourth-order valence-electron chi connectivity index (χ4n) is 4.11. The van der Waals surface area contributed by atoms with E-state index in [0.717, 1.165) is 44.9 Å². The molecule has 0 amide bonds. The molecule has 0 saturated heterocycles. The van der Waals surface area contributed by atoms with Gasteiger partial charge < -0.3 is 29.6 Å². The number of phenolic OH excluding ortho intramolecular Hbond substituents is 1. The van der Waals surface area contributed by atoms with E-state index in [4.69, 9.17) is 24.8 Å². The minimum Gasteiger partial charge on any atom is -0.533 e. The average Bonchev–Trinajstić information content (AvgIpc) is 3.15. The van der Waals surface area contributed by atoms with Crippen LogP contribution in [0.2, 0.25) is 0 Å². The molecule has 0 aromatic heterocycles. The summed E-state index contributed by atoms with van der Waals surface area (Å²) < 4.78 is 23.4. The molecule has 3 N–H and O–H groups in total. The number of carbonyl (C=O) groups is 3. The number of aromatic hydroxyl groups is 1. The number of carboxylic acid groups (broad SMARTS) is 2. The van der Waals surface area contributed by atoms with Crippen molar-refractivity contribution >= 4 is 18.2 Å². The first-order valence-electron chi connectivity index (χ1n) is 16.3. The first-order chi connectivity index (χ1) is 25.6. The van der Waals surface area contributed by atoms with E-state index in [1.165, 1.54) is 42.5 Å². The van der Waals surface area contributed by atoms with Crippen molar-refractivity contribution in [2.45, 2.75) is 41.5 Å². The number of hydrogen-bond acceptors (Lipinski definition) is 6. The molecule has 6 aromatic rings. The zero-order chi connectivity index (χ0) is 39.8. The van der Waals surface area contributed by atoms with Gasteiger partial charge in [0.15, 0.2) is 0 Å². The molecule has 0 bridgehead atoms. The molecule has 6 aromatic carbocycles. The van der Waals surface area contributed by atoms with Crippen molar-refractivity contribution < 1.29 is 205 Å². The summed E-state index contributed by atoms with van der Waals surface area (Å²) in [6.07, 6.45) is 0.649. The van der Waals surface area contributed by atoms with Gasteiger partial charge in [0.1, 0.15) is 0 Å². The van der Waals surface area contributed by atoms with Crippen LogP contribution in [0.3, 0.4) is 0 Å². The predicted octanol–water partition coefficient (Wildman–Crippen LogP) is 10.0. The third-order valence-electron chi connectivity index (χ3n) is 7.22. The van der Waals surface area contributed by atoms with Crippen molar-refractivity contribution in [3.05, 3.63) is 183 Å². The number of rotatable bonds is 7. The number of aryl methyl sites for hydroxylation is 6. The van der Waals surface area contributed by atoms with Gasteiger partial charge in [-0.3, -0.25) is 9.59 Å². The van der Waals surface area contributed by atoms with Crippen molar-refractivity contribution in [2.24, 2.45) is 0 Å². The minimum atomic E-state index is -0.973. The normalized spacial score (nSPS) is 8.85. The molecule has 0 aliphatic rings. The molecule has 0 saturated carbocycles. The van der Waals surface area contributed by atoms with E-state index in [0.29, 0.717) is 29.1 Å². The maximum atomic E-state index is 12.1. The van der Waals surface area contributed by atoms with Crippen LogP contribution in [0.5, 0.6) is 28.7 Å². The summed E-state index contributed by atoms with van der Waals surface area (Å²) in [5.74, 6) is 0.406. The van der Waals surface area contributed by atoms with Gasteiger partial charge in [-0.2, -0.15) is 89.5 Å². The predicted molar refractivity (Wildman–Crippen MR) is 201 cm³/mol. The molecule has 0 aliphatic heterocycles. The van der Waals surface area contributed by atoms with E-state index >= 15 is 0 Å². The second-order valence-electron chi connectivity index (χ2n) is 11.8. The standard InChI is InChI=1S/2C15H12O3.C8H9O.C7H4FO.3W.3Y/c2*1-10-3-4-11(2)14(9-10)18-13-7-5-12(6-8-13)15(16)17;1-6-3-4-7(2)8(9)5-6;8-7-3-1-6(5-9)2-4-7;;;;;;/h2*4-7,9H,1-2H3,(H,16,17);4-5,9H,1-2H3;1-3,5H;;;;;;/q2*-2;2*-1;;;;;;. The van der Waals surface area contributed by atoms with Gasteiger partial charge >= 0.3 is 0 Å². The molecule has 6 rings (SSSR count). The Labute approximate surface area is 470 Å². The van der Waals surface area contributed by atoms with E-state index < -0.39 is 17.8 Å². The van der Waals surface area contributed by atoms with Gasteiger partial charge in [0.25, 0.3) is 11.9 Å². The van der Waals surface area contributed by atoms with Gasteiger partial charge in [0, 0.05) is 196 Å². The molecule has 0 fully saturated rings. The number of ether oxygens (including phenoxy) is 2. The van der Waals surface area contributed by atoms with Gasteiger partial charge in [-0.15, -0.1) is 71.3 Å². The zero-order valence-electron chi connectivity index (χ0n) is 33.5. The fraction of sp³-hybridized carbons (Fsp3) is 0.133. The van der Waals surface area contributed by atoms with Crippen molar-refractivity contribution in [1.82, 2.24) is 0 Å². The Bertz CT molecular complexity index is 2080. The molecule has 0 spiro atoms. The Morgan fingerprint density at radius 1 is 0.550 bits per heavy atom. The molecule has 8 nitrogen and oxygen atoms in total.